The Hall–Kier alpha value is -1.06. The predicted octanol–water partition coefficient (Wildman–Crippen LogP) is 6.74. The molecule has 0 aliphatic rings. The molecule has 4 nitrogen and oxygen atoms in total. The molecule has 0 saturated carbocycles. The first-order valence-corrected chi connectivity index (χ1v) is 11.5. The molecule has 4 heteroatoms. The van der Waals surface area contributed by atoms with Crippen molar-refractivity contribution in [2.75, 3.05) is 13.2 Å². The van der Waals surface area contributed by atoms with Crippen molar-refractivity contribution in [2.45, 2.75) is 123 Å². The van der Waals surface area contributed by atoms with Crippen molar-refractivity contribution in [2.24, 2.45) is 0 Å². The topological polar surface area (TPSA) is 52.6 Å². The molecule has 0 aromatic rings. The highest BCUT2D eigenvalue weighted by atomic mass is 16.5. The Morgan fingerprint density at radius 3 is 1.19 bits per heavy atom. The Labute approximate surface area is 167 Å². The summed E-state index contributed by atoms with van der Waals surface area (Å²) in [4.78, 5) is 23.3. The largest absolute Gasteiger partial charge is 0.466 e. The quantitative estimate of drug-likeness (QED) is 0.172. The van der Waals surface area contributed by atoms with Crippen LogP contribution in [0.15, 0.2) is 0 Å². The Morgan fingerprint density at radius 1 is 0.481 bits per heavy atom. The van der Waals surface area contributed by atoms with E-state index in [-0.39, 0.29) is 11.9 Å². The molecule has 0 unspecified atom stereocenters. The van der Waals surface area contributed by atoms with Gasteiger partial charge in [-0.1, -0.05) is 84.5 Å². The smallest absolute Gasteiger partial charge is 0.305 e. The summed E-state index contributed by atoms with van der Waals surface area (Å²) in [7, 11) is 0. The van der Waals surface area contributed by atoms with Crippen LogP contribution in [0, 0.1) is 0 Å². The van der Waals surface area contributed by atoms with Crippen LogP contribution in [-0.4, -0.2) is 25.2 Å². The summed E-state index contributed by atoms with van der Waals surface area (Å²) in [6.07, 6.45) is 17.9. The highest BCUT2D eigenvalue weighted by Gasteiger charge is 2.06. The second kappa shape index (κ2) is 21.2. The lowest BCUT2D eigenvalue weighted by atomic mass is 10.1. The first kappa shape index (κ1) is 25.9. The Morgan fingerprint density at radius 2 is 0.815 bits per heavy atom. The molecule has 160 valence electrons. The van der Waals surface area contributed by atoms with E-state index >= 15 is 0 Å². The van der Waals surface area contributed by atoms with E-state index in [1.807, 2.05) is 0 Å². The summed E-state index contributed by atoms with van der Waals surface area (Å²) < 4.78 is 10.5. The summed E-state index contributed by atoms with van der Waals surface area (Å²) in [5, 5.41) is 0. The van der Waals surface area contributed by atoms with Gasteiger partial charge in [-0.15, -0.1) is 0 Å². The molecule has 0 rings (SSSR count). The molecule has 0 radical (unpaired) electrons. The van der Waals surface area contributed by atoms with Gasteiger partial charge in [-0.05, 0) is 25.7 Å². The van der Waals surface area contributed by atoms with Crippen LogP contribution < -0.4 is 0 Å². The van der Waals surface area contributed by atoms with Crippen LogP contribution in [0.5, 0.6) is 0 Å². The molecule has 0 N–H and O–H groups in total. The maximum absolute atomic E-state index is 11.6. The van der Waals surface area contributed by atoms with Gasteiger partial charge in [-0.2, -0.15) is 0 Å². The van der Waals surface area contributed by atoms with Gasteiger partial charge in [0.1, 0.15) is 0 Å². The molecule has 0 aromatic heterocycles. The fraction of sp³-hybridized carbons (Fsp3) is 0.913. The van der Waals surface area contributed by atoms with Crippen molar-refractivity contribution in [1.82, 2.24) is 0 Å². The standard InChI is InChI=1S/C23H44O4/c1-3-5-7-9-11-13-17-21-27-23(25)19-15-14-18-22(24)26-20-16-12-10-8-6-4-2/h3-21H2,1-2H3. The Kier molecular flexibility index (Phi) is 20.4. The third-order valence-corrected chi connectivity index (χ3v) is 4.78. The molecule has 0 aliphatic heterocycles. The normalized spacial score (nSPS) is 10.7. The molecule has 0 spiro atoms. The van der Waals surface area contributed by atoms with E-state index in [0.717, 1.165) is 25.7 Å². The molecule has 0 heterocycles. The van der Waals surface area contributed by atoms with Crippen LogP contribution in [0.2, 0.25) is 0 Å². The molecule has 0 atom stereocenters. The summed E-state index contributed by atoms with van der Waals surface area (Å²) in [6, 6.07) is 0. The SMILES string of the molecule is CCCCCCCCCOC(=O)CCCCC(=O)OCCCCCCCC. The van der Waals surface area contributed by atoms with Crippen molar-refractivity contribution < 1.29 is 19.1 Å². The molecule has 0 amide bonds. The number of carbonyl (C=O) groups excluding carboxylic acids is 2. The van der Waals surface area contributed by atoms with Crippen LogP contribution in [0.25, 0.3) is 0 Å². The third-order valence-electron chi connectivity index (χ3n) is 4.78. The van der Waals surface area contributed by atoms with E-state index < -0.39 is 0 Å². The minimum absolute atomic E-state index is 0.138. The molecule has 27 heavy (non-hydrogen) atoms. The van der Waals surface area contributed by atoms with Gasteiger partial charge in [0.05, 0.1) is 13.2 Å². The van der Waals surface area contributed by atoms with Crippen LogP contribution >= 0.6 is 0 Å². The molecular formula is C23H44O4. The average Bonchev–Trinajstić information content (AvgIpc) is 2.66. The summed E-state index contributed by atoms with van der Waals surface area (Å²) >= 11 is 0. The number of carbonyl (C=O) groups is 2. The van der Waals surface area contributed by atoms with Gasteiger partial charge in [-0.25, -0.2) is 0 Å². The van der Waals surface area contributed by atoms with Crippen LogP contribution in [0.1, 0.15) is 123 Å². The maximum Gasteiger partial charge on any atom is 0.305 e. The molecule has 0 aromatic carbocycles. The van der Waals surface area contributed by atoms with E-state index in [1.54, 1.807) is 0 Å². The van der Waals surface area contributed by atoms with E-state index in [0.29, 0.717) is 38.9 Å². The van der Waals surface area contributed by atoms with Gasteiger partial charge in [0.25, 0.3) is 0 Å². The Balaban J connectivity index is 3.30. The van der Waals surface area contributed by atoms with Crippen molar-refractivity contribution in [3.05, 3.63) is 0 Å². The van der Waals surface area contributed by atoms with Crippen LogP contribution in [-0.2, 0) is 19.1 Å². The summed E-state index contributed by atoms with van der Waals surface area (Å²) in [5.41, 5.74) is 0. The minimum Gasteiger partial charge on any atom is -0.466 e. The van der Waals surface area contributed by atoms with Crippen molar-refractivity contribution in [1.29, 1.82) is 0 Å². The van der Waals surface area contributed by atoms with Crippen LogP contribution in [0.3, 0.4) is 0 Å². The minimum atomic E-state index is -0.139. The number of hydrogen-bond acceptors (Lipinski definition) is 4. The number of unbranched alkanes of at least 4 members (excludes halogenated alkanes) is 12. The van der Waals surface area contributed by atoms with Gasteiger partial charge < -0.3 is 9.47 Å². The van der Waals surface area contributed by atoms with Gasteiger partial charge in [0, 0.05) is 12.8 Å². The van der Waals surface area contributed by atoms with Gasteiger partial charge in [0.2, 0.25) is 0 Å². The summed E-state index contributed by atoms with van der Waals surface area (Å²) in [5.74, 6) is -0.276. The number of hydrogen-bond donors (Lipinski definition) is 0. The number of rotatable bonds is 20. The lowest BCUT2D eigenvalue weighted by Crippen LogP contribution is -2.08. The zero-order valence-corrected chi connectivity index (χ0v) is 18.1. The highest BCUT2D eigenvalue weighted by Crippen LogP contribution is 2.08. The molecular weight excluding hydrogens is 340 g/mol. The van der Waals surface area contributed by atoms with Crippen molar-refractivity contribution in [3.63, 3.8) is 0 Å². The third kappa shape index (κ3) is 21.1. The zero-order valence-electron chi connectivity index (χ0n) is 18.1. The molecule has 0 fully saturated rings. The van der Waals surface area contributed by atoms with Gasteiger partial charge in [0.15, 0.2) is 0 Å². The van der Waals surface area contributed by atoms with Crippen molar-refractivity contribution >= 4 is 11.9 Å². The van der Waals surface area contributed by atoms with Crippen molar-refractivity contribution in [3.8, 4) is 0 Å². The molecule has 0 saturated heterocycles. The van der Waals surface area contributed by atoms with E-state index in [4.69, 9.17) is 9.47 Å². The zero-order chi connectivity index (χ0) is 20.0. The molecule has 0 bridgehead atoms. The lowest BCUT2D eigenvalue weighted by molar-refractivity contribution is -0.146. The fourth-order valence-corrected chi connectivity index (χ4v) is 3.00. The number of esters is 2. The first-order valence-electron chi connectivity index (χ1n) is 11.5. The number of ether oxygens (including phenoxy) is 2. The highest BCUT2D eigenvalue weighted by molar-refractivity contribution is 5.70. The van der Waals surface area contributed by atoms with E-state index in [9.17, 15) is 9.59 Å². The maximum atomic E-state index is 11.6. The second-order valence-corrected chi connectivity index (χ2v) is 7.54. The lowest BCUT2D eigenvalue weighted by Gasteiger charge is -2.06. The van der Waals surface area contributed by atoms with Crippen LogP contribution in [0.4, 0.5) is 0 Å². The average molecular weight is 385 g/mol. The predicted molar refractivity (Wildman–Crippen MR) is 112 cm³/mol. The first-order chi connectivity index (χ1) is 13.2. The molecule has 0 aliphatic carbocycles. The second-order valence-electron chi connectivity index (χ2n) is 7.54. The Bertz CT molecular complexity index is 341. The summed E-state index contributed by atoms with van der Waals surface area (Å²) in [6.45, 7) is 5.50. The van der Waals surface area contributed by atoms with Gasteiger partial charge in [-0.3, -0.25) is 9.59 Å². The monoisotopic (exact) mass is 384 g/mol. The van der Waals surface area contributed by atoms with E-state index in [2.05, 4.69) is 13.8 Å². The van der Waals surface area contributed by atoms with Gasteiger partial charge >= 0.3 is 11.9 Å². The fourth-order valence-electron chi connectivity index (χ4n) is 3.00. The van der Waals surface area contributed by atoms with E-state index in [1.165, 1.54) is 57.8 Å².